The van der Waals surface area contributed by atoms with Crippen LogP contribution in [0.5, 0.6) is 0 Å². The van der Waals surface area contributed by atoms with Gasteiger partial charge in [0, 0.05) is 25.4 Å². The first-order valence-corrected chi connectivity index (χ1v) is 6.16. The van der Waals surface area contributed by atoms with E-state index in [4.69, 9.17) is 4.74 Å². The molecule has 2 nitrogen and oxygen atoms in total. The molecule has 16 heavy (non-hydrogen) atoms. The smallest absolute Gasteiger partial charge is 0.0713 e. The number of hydrogen-bond donors (Lipinski definition) is 0. The predicted molar refractivity (Wildman–Crippen MR) is 67.8 cm³/mol. The Morgan fingerprint density at radius 3 is 2.62 bits per heavy atom. The Balaban J connectivity index is 2.08. The van der Waals surface area contributed by atoms with Gasteiger partial charge >= 0.3 is 0 Å². The Kier molecular flexibility index (Phi) is 3.83. The van der Waals surface area contributed by atoms with Crippen LogP contribution in [-0.4, -0.2) is 19.7 Å². The second-order valence-corrected chi connectivity index (χ2v) is 4.64. The normalized spacial score (nSPS) is 21.1. The van der Waals surface area contributed by atoms with Crippen molar-refractivity contribution in [1.29, 1.82) is 0 Å². The maximum Gasteiger partial charge on any atom is 0.0713 e. The molecule has 2 rings (SSSR count). The molecule has 1 heterocycles. The first-order valence-electron chi connectivity index (χ1n) is 6.16. The van der Waals surface area contributed by atoms with E-state index in [2.05, 4.69) is 36.1 Å². The van der Waals surface area contributed by atoms with E-state index in [0.29, 0.717) is 12.6 Å². The van der Waals surface area contributed by atoms with Gasteiger partial charge in [0.2, 0.25) is 0 Å². The summed E-state index contributed by atoms with van der Waals surface area (Å²) in [5.74, 6) is 0. The molecule has 1 unspecified atom stereocenters. The quantitative estimate of drug-likeness (QED) is 0.774. The molecule has 1 aliphatic heterocycles. The van der Waals surface area contributed by atoms with Crippen LogP contribution in [0.2, 0.25) is 0 Å². The van der Waals surface area contributed by atoms with E-state index in [-0.39, 0.29) is 0 Å². The lowest BCUT2D eigenvalue weighted by Crippen LogP contribution is -2.37. The third-order valence-electron chi connectivity index (χ3n) is 3.38. The summed E-state index contributed by atoms with van der Waals surface area (Å²) >= 11 is 0. The lowest BCUT2D eigenvalue weighted by atomic mass is 10.0. The monoisotopic (exact) mass is 219 g/mol. The van der Waals surface area contributed by atoms with E-state index in [0.717, 1.165) is 0 Å². The van der Waals surface area contributed by atoms with Crippen LogP contribution in [0.25, 0.3) is 0 Å². The Labute approximate surface area is 98.2 Å². The van der Waals surface area contributed by atoms with E-state index in [1.165, 1.54) is 37.1 Å². The molecule has 0 saturated carbocycles. The van der Waals surface area contributed by atoms with Gasteiger partial charge in [0.1, 0.15) is 0 Å². The lowest BCUT2D eigenvalue weighted by Gasteiger charge is -2.35. The topological polar surface area (TPSA) is 12.5 Å². The molecule has 0 bridgehead atoms. The average molecular weight is 219 g/mol. The fourth-order valence-corrected chi connectivity index (χ4v) is 2.43. The predicted octanol–water partition coefficient (Wildman–Crippen LogP) is 3.21. The molecule has 0 spiro atoms. The highest BCUT2D eigenvalue weighted by Crippen LogP contribution is 2.24. The van der Waals surface area contributed by atoms with Crippen molar-refractivity contribution in [1.82, 2.24) is 0 Å². The third-order valence-corrected chi connectivity index (χ3v) is 3.38. The molecule has 0 amide bonds. The van der Waals surface area contributed by atoms with Gasteiger partial charge in [0.15, 0.2) is 0 Å². The zero-order valence-electron chi connectivity index (χ0n) is 10.3. The minimum Gasteiger partial charge on any atom is -0.380 e. The highest BCUT2D eigenvalue weighted by Gasteiger charge is 2.17. The first-order chi connectivity index (χ1) is 7.81. The van der Waals surface area contributed by atoms with Crippen molar-refractivity contribution in [2.24, 2.45) is 0 Å². The Morgan fingerprint density at radius 2 is 2.00 bits per heavy atom. The number of nitrogens with zero attached hydrogens (tertiary/aromatic N) is 1. The molecule has 88 valence electrons. The molecule has 0 aliphatic carbocycles. The number of ether oxygens (including phenoxy) is 1. The average Bonchev–Trinajstić information content (AvgIpc) is 2.31. The summed E-state index contributed by atoms with van der Waals surface area (Å²) in [4.78, 5) is 2.51. The van der Waals surface area contributed by atoms with Gasteiger partial charge in [0.05, 0.1) is 6.61 Å². The molecule has 1 saturated heterocycles. The molecule has 0 aromatic heterocycles. The van der Waals surface area contributed by atoms with Crippen molar-refractivity contribution in [2.75, 3.05) is 18.6 Å². The largest absolute Gasteiger partial charge is 0.380 e. The maximum absolute atomic E-state index is 5.12. The maximum atomic E-state index is 5.12. The highest BCUT2D eigenvalue weighted by atomic mass is 16.5. The van der Waals surface area contributed by atoms with Gasteiger partial charge < -0.3 is 9.64 Å². The molecule has 1 aliphatic rings. The molecule has 0 radical (unpaired) electrons. The number of benzene rings is 1. The van der Waals surface area contributed by atoms with Crippen molar-refractivity contribution in [3.63, 3.8) is 0 Å². The van der Waals surface area contributed by atoms with Crippen LogP contribution in [-0.2, 0) is 11.3 Å². The van der Waals surface area contributed by atoms with Crippen LogP contribution in [0.1, 0.15) is 31.7 Å². The molecule has 1 atom stereocenters. The summed E-state index contributed by atoms with van der Waals surface area (Å²) in [7, 11) is 1.74. The van der Waals surface area contributed by atoms with Crippen molar-refractivity contribution < 1.29 is 4.74 Å². The van der Waals surface area contributed by atoms with E-state index in [1.54, 1.807) is 7.11 Å². The zero-order chi connectivity index (χ0) is 11.4. The van der Waals surface area contributed by atoms with Crippen LogP contribution in [0.3, 0.4) is 0 Å². The van der Waals surface area contributed by atoms with Crippen LogP contribution in [0, 0.1) is 0 Å². The van der Waals surface area contributed by atoms with Gasteiger partial charge in [-0.15, -0.1) is 0 Å². The molecule has 1 aromatic rings. The molecule has 2 heteroatoms. The molecule has 1 aromatic carbocycles. The van der Waals surface area contributed by atoms with Crippen LogP contribution in [0.4, 0.5) is 5.69 Å². The summed E-state index contributed by atoms with van der Waals surface area (Å²) in [6, 6.07) is 9.45. The zero-order valence-corrected chi connectivity index (χ0v) is 10.3. The Morgan fingerprint density at radius 1 is 1.25 bits per heavy atom. The van der Waals surface area contributed by atoms with Gasteiger partial charge in [-0.2, -0.15) is 0 Å². The minimum absolute atomic E-state index is 0.682. The van der Waals surface area contributed by atoms with Crippen molar-refractivity contribution in [3.8, 4) is 0 Å². The summed E-state index contributed by atoms with van der Waals surface area (Å²) < 4.78 is 5.12. The van der Waals surface area contributed by atoms with E-state index >= 15 is 0 Å². The highest BCUT2D eigenvalue weighted by molar-refractivity contribution is 5.48. The SMILES string of the molecule is COCc1ccc(N2CCCCC2C)cc1. The van der Waals surface area contributed by atoms with Crippen molar-refractivity contribution >= 4 is 5.69 Å². The van der Waals surface area contributed by atoms with Gasteiger partial charge in [-0.3, -0.25) is 0 Å². The molecule has 0 N–H and O–H groups in total. The Hall–Kier alpha value is -1.02. The van der Waals surface area contributed by atoms with Gasteiger partial charge in [-0.05, 0) is 43.9 Å². The van der Waals surface area contributed by atoms with E-state index in [9.17, 15) is 0 Å². The van der Waals surface area contributed by atoms with E-state index in [1.807, 2.05) is 0 Å². The fraction of sp³-hybridized carbons (Fsp3) is 0.571. The molecule has 1 fully saturated rings. The Bertz CT molecular complexity index is 320. The number of rotatable bonds is 3. The van der Waals surface area contributed by atoms with Crippen LogP contribution >= 0.6 is 0 Å². The minimum atomic E-state index is 0.682. The first kappa shape index (κ1) is 11.5. The number of piperidine rings is 1. The lowest BCUT2D eigenvalue weighted by molar-refractivity contribution is 0.185. The van der Waals surface area contributed by atoms with Crippen LogP contribution < -0.4 is 4.90 Å². The molecular weight excluding hydrogens is 198 g/mol. The van der Waals surface area contributed by atoms with E-state index < -0.39 is 0 Å². The van der Waals surface area contributed by atoms with Gasteiger partial charge in [-0.1, -0.05) is 12.1 Å². The number of methoxy groups -OCH3 is 1. The fourth-order valence-electron chi connectivity index (χ4n) is 2.43. The van der Waals surface area contributed by atoms with Gasteiger partial charge in [0.25, 0.3) is 0 Å². The second kappa shape index (κ2) is 5.35. The van der Waals surface area contributed by atoms with Gasteiger partial charge in [-0.25, -0.2) is 0 Å². The van der Waals surface area contributed by atoms with Crippen molar-refractivity contribution in [2.45, 2.75) is 38.8 Å². The molecular formula is C14H21NO. The van der Waals surface area contributed by atoms with Crippen molar-refractivity contribution in [3.05, 3.63) is 29.8 Å². The standard InChI is InChI=1S/C14H21NO/c1-12-5-3-4-10-15(12)14-8-6-13(7-9-14)11-16-2/h6-9,12H,3-5,10-11H2,1-2H3. The summed E-state index contributed by atoms with van der Waals surface area (Å²) in [6.07, 6.45) is 4.02. The van der Waals surface area contributed by atoms with Crippen LogP contribution in [0.15, 0.2) is 24.3 Å². The number of hydrogen-bond acceptors (Lipinski definition) is 2. The summed E-state index contributed by atoms with van der Waals surface area (Å²) in [5, 5.41) is 0. The number of anilines is 1. The summed E-state index contributed by atoms with van der Waals surface area (Å²) in [5.41, 5.74) is 2.60. The second-order valence-electron chi connectivity index (χ2n) is 4.64. The third kappa shape index (κ3) is 2.56. The summed E-state index contributed by atoms with van der Waals surface area (Å²) in [6.45, 7) is 4.23.